The van der Waals surface area contributed by atoms with Gasteiger partial charge in [0, 0.05) is 32.9 Å². The highest BCUT2D eigenvalue weighted by molar-refractivity contribution is 8.00. The van der Waals surface area contributed by atoms with Crippen LogP contribution >= 0.6 is 11.8 Å². The zero-order chi connectivity index (χ0) is 19.2. The number of nitrogens with one attached hydrogen (secondary N) is 1. The first kappa shape index (κ1) is 19.4. The van der Waals surface area contributed by atoms with E-state index in [2.05, 4.69) is 25.2 Å². The molecule has 1 atom stereocenters. The molecule has 9 heteroatoms. The van der Waals surface area contributed by atoms with Gasteiger partial charge in [0.2, 0.25) is 17.8 Å². The fourth-order valence-corrected chi connectivity index (χ4v) is 3.22. The minimum absolute atomic E-state index is 0.0917. The lowest BCUT2D eigenvalue weighted by molar-refractivity contribution is -0.115. The molecule has 1 aliphatic heterocycles. The van der Waals surface area contributed by atoms with Crippen LogP contribution in [0.5, 0.6) is 0 Å². The van der Waals surface area contributed by atoms with Gasteiger partial charge in [0.15, 0.2) is 5.16 Å². The van der Waals surface area contributed by atoms with Crippen molar-refractivity contribution in [2.75, 3.05) is 55.5 Å². The molecule has 0 unspecified atom stereocenters. The monoisotopic (exact) mass is 388 g/mol. The van der Waals surface area contributed by atoms with Gasteiger partial charge in [0.1, 0.15) is 0 Å². The molecule has 0 radical (unpaired) electrons. The van der Waals surface area contributed by atoms with E-state index in [1.807, 2.05) is 56.3 Å². The summed E-state index contributed by atoms with van der Waals surface area (Å²) in [5.41, 5.74) is 0.772. The maximum Gasteiger partial charge on any atom is 0.237 e. The molecule has 2 heterocycles. The number of anilines is 3. The third-order valence-electron chi connectivity index (χ3n) is 3.98. The molecule has 1 aliphatic rings. The maximum absolute atomic E-state index is 12.5. The molecular formula is C18H24N6O2S. The topological polar surface area (TPSA) is 83.5 Å². The SMILES string of the molecule is C[C@@H](Sc1nc(N(C)C)nc(N2CCOCC2)n1)C(=O)Nc1ccccc1. The van der Waals surface area contributed by atoms with Crippen LogP contribution in [-0.2, 0) is 9.53 Å². The molecule has 1 amide bonds. The van der Waals surface area contributed by atoms with Crippen molar-refractivity contribution in [3.05, 3.63) is 30.3 Å². The number of amides is 1. The van der Waals surface area contributed by atoms with Gasteiger partial charge < -0.3 is 19.9 Å². The van der Waals surface area contributed by atoms with Crippen molar-refractivity contribution in [2.24, 2.45) is 0 Å². The molecule has 3 rings (SSSR count). The van der Waals surface area contributed by atoms with Crippen molar-refractivity contribution >= 4 is 35.3 Å². The molecule has 0 bridgehead atoms. The highest BCUT2D eigenvalue weighted by atomic mass is 32.2. The number of morpholine rings is 1. The van der Waals surface area contributed by atoms with Gasteiger partial charge in [-0.25, -0.2) is 0 Å². The molecule has 8 nitrogen and oxygen atoms in total. The number of carbonyl (C=O) groups is 1. The molecule has 0 aliphatic carbocycles. The molecule has 1 aromatic heterocycles. The number of nitrogens with zero attached hydrogens (tertiary/aromatic N) is 5. The van der Waals surface area contributed by atoms with Crippen LogP contribution in [0.4, 0.5) is 17.6 Å². The quantitative estimate of drug-likeness (QED) is 0.751. The van der Waals surface area contributed by atoms with Gasteiger partial charge in [-0.15, -0.1) is 0 Å². The average Bonchev–Trinajstić information content (AvgIpc) is 2.69. The van der Waals surface area contributed by atoms with Crippen LogP contribution in [0.2, 0.25) is 0 Å². The van der Waals surface area contributed by atoms with Gasteiger partial charge in [-0.05, 0) is 19.1 Å². The van der Waals surface area contributed by atoms with E-state index < -0.39 is 0 Å². The Balaban J connectivity index is 1.74. The second-order valence-corrected chi connectivity index (χ2v) is 7.64. The Bertz CT molecular complexity index is 768. The smallest absolute Gasteiger partial charge is 0.237 e. The fourth-order valence-electron chi connectivity index (χ4n) is 2.47. The van der Waals surface area contributed by atoms with Crippen LogP contribution in [0.1, 0.15) is 6.92 Å². The van der Waals surface area contributed by atoms with E-state index in [-0.39, 0.29) is 11.2 Å². The van der Waals surface area contributed by atoms with E-state index in [1.165, 1.54) is 11.8 Å². The molecule has 1 saturated heterocycles. The second-order valence-electron chi connectivity index (χ2n) is 6.33. The molecule has 2 aromatic rings. The zero-order valence-corrected chi connectivity index (χ0v) is 16.6. The van der Waals surface area contributed by atoms with Crippen molar-refractivity contribution in [1.29, 1.82) is 0 Å². The number of thioether (sulfide) groups is 1. The lowest BCUT2D eigenvalue weighted by atomic mass is 10.3. The first-order valence-corrected chi connectivity index (χ1v) is 9.69. The Morgan fingerprint density at radius 3 is 2.56 bits per heavy atom. The molecule has 1 N–H and O–H groups in total. The number of aromatic nitrogens is 3. The van der Waals surface area contributed by atoms with Crippen LogP contribution in [-0.4, -0.2) is 66.5 Å². The van der Waals surface area contributed by atoms with Gasteiger partial charge >= 0.3 is 0 Å². The normalized spacial score (nSPS) is 15.3. The summed E-state index contributed by atoms with van der Waals surface area (Å²) in [6.07, 6.45) is 0. The van der Waals surface area contributed by atoms with Crippen LogP contribution in [0, 0.1) is 0 Å². The number of hydrogen-bond acceptors (Lipinski definition) is 8. The number of ether oxygens (including phenoxy) is 1. The van der Waals surface area contributed by atoms with Gasteiger partial charge in [-0.3, -0.25) is 4.79 Å². The predicted molar refractivity (Wildman–Crippen MR) is 108 cm³/mol. The van der Waals surface area contributed by atoms with Crippen molar-refractivity contribution in [3.8, 4) is 0 Å². The van der Waals surface area contributed by atoms with E-state index >= 15 is 0 Å². The first-order chi connectivity index (χ1) is 13.0. The summed E-state index contributed by atoms with van der Waals surface area (Å²) in [7, 11) is 3.77. The van der Waals surface area contributed by atoms with Crippen molar-refractivity contribution in [3.63, 3.8) is 0 Å². The van der Waals surface area contributed by atoms with E-state index in [9.17, 15) is 4.79 Å². The second kappa shape index (κ2) is 9.01. The minimum atomic E-state index is -0.347. The van der Waals surface area contributed by atoms with E-state index in [1.54, 1.807) is 0 Å². The Labute approximate surface area is 163 Å². The summed E-state index contributed by atoms with van der Waals surface area (Å²) in [6.45, 7) is 4.63. The summed E-state index contributed by atoms with van der Waals surface area (Å²) in [5, 5.41) is 3.10. The Morgan fingerprint density at radius 1 is 1.19 bits per heavy atom. The Kier molecular flexibility index (Phi) is 6.46. The van der Waals surface area contributed by atoms with Crippen LogP contribution < -0.4 is 15.1 Å². The lowest BCUT2D eigenvalue weighted by Gasteiger charge is -2.27. The lowest BCUT2D eigenvalue weighted by Crippen LogP contribution is -2.37. The number of benzene rings is 1. The van der Waals surface area contributed by atoms with E-state index in [0.29, 0.717) is 30.3 Å². The predicted octanol–water partition coefficient (Wildman–Crippen LogP) is 1.89. The van der Waals surface area contributed by atoms with Crippen LogP contribution in [0.3, 0.4) is 0 Å². The molecular weight excluding hydrogens is 364 g/mol. The summed E-state index contributed by atoms with van der Waals surface area (Å²) in [5.74, 6) is 1.10. The number of carbonyl (C=O) groups excluding carboxylic acids is 1. The van der Waals surface area contributed by atoms with Gasteiger partial charge in [0.05, 0.1) is 18.5 Å². The maximum atomic E-state index is 12.5. The van der Waals surface area contributed by atoms with E-state index in [4.69, 9.17) is 4.74 Å². The molecule has 27 heavy (non-hydrogen) atoms. The average molecular weight is 388 g/mol. The Morgan fingerprint density at radius 2 is 1.89 bits per heavy atom. The third-order valence-corrected chi connectivity index (χ3v) is 4.94. The standard InChI is InChI=1S/C18H24N6O2S/c1-13(15(25)19-14-7-5-4-6-8-14)27-18-21-16(23(2)3)20-17(22-18)24-9-11-26-12-10-24/h4-8,13H,9-12H2,1-3H3,(H,19,25)/t13-/m1/s1. The molecule has 0 saturated carbocycles. The zero-order valence-electron chi connectivity index (χ0n) is 15.8. The highest BCUT2D eigenvalue weighted by Gasteiger charge is 2.21. The fraction of sp³-hybridized carbons (Fsp3) is 0.444. The van der Waals surface area contributed by atoms with Gasteiger partial charge in [-0.1, -0.05) is 30.0 Å². The highest BCUT2D eigenvalue weighted by Crippen LogP contribution is 2.24. The number of hydrogen-bond donors (Lipinski definition) is 1. The molecule has 1 aromatic carbocycles. The van der Waals surface area contributed by atoms with E-state index in [0.717, 1.165) is 18.8 Å². The largest absolute Gasteiger partial charge is 0.378 e. The van der Waals surface area contributed by atoms with Gasteiger partial charge in [-0.2, -0.15) is 15.0 Å². The minimum Gasteiger partial charge on any atom is -0.378 e. The van der Waals surface area contributed by atoms with Crippen LogP contribution in [0.15, 0.2) is 35.5 Å². The summed E-state index contributed by atoms with van der Waals surface area (Å²) in [6, 6.07) is 9.40. The summed E-state index contributed by atoms with van der Waals surface area (Å²) in [4.78, 5) is 30.0. The summed E-state index contributed by atoms with van der Waals surface area (Å²) < 4.78 is 5.40. The van der Waals surface area contributed by atoms with Crippen molar-refractivity contribution in [2.45, 2.75) is 17.3 Å². The van der Waals surface area contributed by atoms with Crippen LogP contribution in [0.25, 0.3) is 0 Å². The van der Waals surface area contributed by atoms with Crippen molar-refractivity contribution < 1.29 is 9.53 Å². The number of para-hydroxylation sites is 1. The van der Waals surface area contributed by atoms with Gasteiger partial charge in [0.25, 0.3) is 0 Å². The third kappa shape index (κ3) is 5.30. The molecule has 144 valence electrons. The van der Waals surface area contributed by atoms with Crippen molar-refractivity contribution in [1.82, 2.24) is 15.0 Å². The summed E-state index contributed by atoms with van der Waals surface area (Å²) >= 11 is 1.32. The first-order valence-electron chi connectivity index (χ1n) is 8.81. The Hall–Kier alpha value is -2.39. The molecule has 1 fully saturated rings. The molecule has 0 spiro atoms. The number of rotatable bonds is 6.